The van der Waals surface area contributed by atoms with Crippen LogP contribution in [-0.4, -0.2) is 11.9 Å². The third kappa shape index (κ3) is 3.87. The summed E-state index contributed by atoms with van der Waals surface area (Å²) < 4.78 is 6.63. The Hall–Kier alpha value is -3.11. The molecule has 0 aliphatic carbocycles. The lowest BCUT2D eigenvalue weighted by Gasteiger charge is -2.11. The van der Waals surface area contributed by atoms with E-state index in [2.05, 4.69) is 32.6 Å². The van der Waals surface area contributed by atoms with Gasteiger partial charge in [0.05, 0.1) is 11.6 Å². The molecule has 2 N–H and O–H groups in total. The van der Waals surface area contributed by atoms with Gasteiger partial charge in [-0.15, -0.1) is 0 Å². The molecule has 25 heavy (non-hydrogen) atoms. The van der Waals surface area contributed by atoms with E-state index in [0.717, 1.165) is 10.0 Å². The number of carbonyl (C=O) groups excluding carboxylic acids is 2. The first-order valence-corrected chi connectivity index (χ1v) is 8.10. The number of hydrogen-bond donors (Lipinski definition) is 2. The lowest BCUT2D eigenvalue weighted by atomic mass is 10.1. The highest BCUT2D eigenvalue weighted by Gasteiger charge is 2.23. The van der Waals surface area contributed by atoms with E-state index in [9.17, 15) is 9.59 Å². The monoisotopic (exact) mass is 397 g/mol. The van der Waals surface area contributed by atoms with Crippen molar-refractivity contribution in [1.82, 2.24) is 10.6 Å². The van der Waals surface area contributed by atoms with Crippen molar-refractivity contribution in [3.05, 3.63) is 69.3 Å². The number of ether oxygens (including phenoxy) is 1. The van der Waals surface area contributed by atoms with Crippen LogP contribution in [0.3, 0.4) is 0 Å². The average molecular weight is 398 g/mol. The molecular formula is C18H12BrN3O3. The van der Waals surface area contributed by atoms with Gasteiger partial charge in [-0.2, -0.15) is 5.26 Å². The van der Waals surface area contributed by atoms with Gasteiger partial charge in [0.1, 0.15) is 18.1 Å². The molecular weight excluding hydrogens is 386 g/mol. The Balaban J connectivity index is 1.87. The second-order valence-corrected chi connectivity index (χ2v) is 6.12. The van der Waals surface area contributed by atoms with Crippen molar-refractivity contribution in [2.45, 2.75) is 6.61 Å². The van der Waals surface area contributed by atoms with E-state index in [0.29, 0.717) is 16.9 Å². The average Bonchev–Trinajstić information content (AvgIpc) is 2.91. The molecule has 0 atom stereocenters. The van der Waals surface area contributed by atoms with Gasteiger partial charge in [-0.25, -0.2) is 4.79 Å². The molecule has 1 fully saturated rings. The van der Waals surface area contributed by atoms with Crippen LogP contribution in [0.4, 0.5) is 4.79 Å². The Labute approximate surface area is 152 Å². The van der Waals surface area contributed by atoms with Gasteiger partial charge >= 0.3 is 6.03 Å². The minimum Gasteiger partial charge on any atom is -0.488 e. The van der Waals surface area contributed by atoms with Gasteiger partial charge in [0.2, 0.25) is 0 Å². The molecule has 1 aliphatic rings. The number of nitrogens with one attached hydrogen (secondary N) is 2. The number of benzene rings is 2. The largest absolute Gasteiger partial charge is 0.488 e. The number of nitriles is 1. The van der Waals surface area contributed by atoms with Crippen molar-refractivity contribution in [3.63, 3.8) is 0 Å². The summed E-state index contributed by atoms with van der Waals surface area (Å²) in [5.41, 5.74) is 2.07. The van der Waals surface area contributed by atoms with Crippen LogP contribution in [0.25, 0.3) is 6.08 Å². The van der Waals surface area contributed by atoms with E-state index in [-0.39, 0.29) is 12.3 Å². The molecule has 124 valence electrons. The highest BCUT2D eigenvalue weighted by Crippen LogP contribution is 2.27. The van der Waals surface area contributed by atoms with Crippen molar-refractivity contribution in [1.29, 1.82) is 5.26 Å². The fourth-order valence-corrected chi connectivity index (χ4v) is 2.69. The van der Waals surface area contributed by atoms with E-state index in [1.807, 2.05) is 12.1 Å². The van der Waals surface area contributed by atoms with Crippen LogP contribution in [0, 0.1) is 11.3 Å². The van der Waals surface area contributed by atoms with Gasteiger partial charge in [0.15, 0.2) is 0 Å². The number of carbonyl (C=O) groups is 2. The summed E-state index contributed by atoms with van der Waals surface area (Å²) in [6.45, 7) is 0.208. The van der Waals surface area contributed by atoms with Crippen LogP contribution < -0.4 is 15.4 Å². The Morgan fingerprint density at radius 2 is 1.96 bits per heavy atom. The van der Waals surface area contributed by atoms with Crippen LogP contribution in [0.1, 0.15) is 16.7 Å². The number of imide groups is 1. The summed E-state index contributed by atoms with van der Waals surface area (Å²) in [6, 6.07) is 14.1. The van der Waals surface area contributed by atoms with Crippen LogP contribution in [-0.2, 0) is 11.4 Å². The van der Waals surface area contributed by atoms with Crippen LogP contribution in [0.15, 0.2) is 52.6 Å². The molecule has 0 saturated carbocycles. The van der Waals surface area contributed by atoms with Gasteiger partial charge in [-0.3, -0.25) is 10.1 Å². The molecule has 0 radical (unpaired) electrons. The number of nitrogens with zero attached hydrogens (tertiary/aromatic N) is 1. The maximum Gasteiger partial charge on any atom is 0.326 e. The van der Waals surface area contributed by atoms with Gasteiger partial charge in [0, 0.05) is 15.6 Å². The Bertz CT molecular complexity index is 931. The molecule has 1 aliphatic heterocycles. The van der Waals surface area contributed by atoms with Crippen molar-refractivity contribution >= 4 is 33.9 Å². The standard InChI is InChI=1S/C18H12BrN3O3/c19-14-5-6-16(25-10-12-4-2-1-3-11(12)9-20)13(7-14)8-15-17(23)22-18(24)21-15/h1-8H,10H2,(H2,21,22,23,24). The van der Waals surface area contributed by atoms with Crippen LogP contribution in [0.2, 0.25) is 0 Å². The zero-order valence-electron chi connectivity index (χ0n) is 12.9. The minimum atomic E-state index is -0.559. The third-order valence-corrected chi connectivity index (χ3v) is 4.01. The molecule has 1 heterocycles. The molecule has 1 saturated heterocycles. The predicted molar refractivity (Wildman–Crippen MR) is 94.3 cm³/mol. The van der Waals surface area contributed by atoms with Gasteiger partial charge < -0.3 is 10.1 Å². The fraction of sp³-hybridized carbons (Fsp3) is 0.0556. The molecule has 7 heteroatoms. The molecule has 2 aromatic rings. The number of amides is 3. The highest BCUT2D eigenvalue weighted by atomic mass is 79.9. The Kier molecular flexibility index (Phi) is 4.82. The summed E-state index contributed by atoms with van der Waals surface area (Å²) in [4.78, 5) is 22.9. The van der Waals surface area contributed by atoms with Gasteiger partial charge in [0.25, 0.3) is 5.91 Å². The quantitative estimate of drug-likeness (QED) is 0.612. The van der Waals surface area contributed by atoms with E-state index in [1.54, 1.807) is 30.3 Å². The first kappa shape index (κ1) is 16.7. The molecule has 0 spiro atoms. The van der Waals surface area contributed by atoms with Crippen molar-refractivity contribution in [3.8, 4) is 11.8 Å². The molecule has 2 aromatic carbocycles. The summed E-state index contributed by atoms with van der Waals surface area (Å²) in [5.74, 6) is 0.0307. The van der Waals surface area contributed by atoms with Crippen LogP contribution >= 0.6 is 15.9 Å². The van der Waals surface area contributed by atoms with E-state index in [4.69, 9.17) is 10.00 Å². The van der Waals surface area contributed by atoms with E-state index >= 15 is 0 Å². The number of halogens is 1. The fourth-order valence-electron chi connectivity index (χ4n) is 2.31. The van der Waals surface area contributed by atoms with Gasteiger partial charge in [-0.1, -0.05) is 34.1 Å². The Morgan fingerprint density at radius 3 is 2.68 bits per heavy atom. The minimum absolute atomic E-state index is 0.144. The SMILES string of the molecule is N#Cc1ccccc1COc1ccc(Br)cc1C=C1NC(=O)NC1=O. The molecule has 3 amide bonds. The maximum absolute atomic E-state index is 11.7. The Morgan fingerprint density at radius 1 is 1.16 bits per heavy atom. The van der Waals surface area contributed by atoms with Crippen molar-refractivity contribution in [2.24, 2.45) is 0 Å². The maximum atomic E-state index is 11.7. The van der Waals surface area contributed by atoms with Crippen LogP contribution in [0.5, 0.6) is 5.75 Å². The topological polar surface area (TPSA) is 91.2 Å². The zero-order valence-corrected chi connectivity index (χ0v) is 14.5. The lowest BCUT2D eigenvalue weighted by Crippen LogP contribution is -2.22. The normalized spacial score (nSPS) is 14.8. The molecule has 0 unspecified atom stereocenters. The summed E-state index contributed by atoms with van der Waals surface area (Å²) in [6.07, 6.45) is 1.54. The first-order valence-electron chi connectivity index (χ1n) is 7.31. The number of rotatable bonds is 4. The molecule has 0 bridgehead atoms. The third-order valence-electron chi connectivity index (χ3n) is 3.51. The second kappa shape index (κ2) is 7.20. The molecule has 0 aromatic heterocycles. The van der Waals surface area contributed by atoms with Crippen molar-refractivity contribution in [2.75, 3.05) is 0 Å². The second-order valence-electron chi connectivity index (χ2n) is 5.21. The van der Waals surface area contributed by atoms with Gasteiger partial charge in [-0.05, 0) is 30.3 Å². The predicted octanol–water partition coefficient (Wildman–Crippen LogP) is 3.08. The molecule has 3 rings (SSSR count). The van der Waals surface area contributed by atoms with E-state index in [1.165, 1.54) is 6.08 Å². The number of urea groups is 1. The summed E-state index contributed by atoms with van der Waals surface area (Å²) in [7, 11) is 0. The first-order chi connectivity index (χ1) is 12.1. The smallest absolute Gasteiger partial charge is 0.326 e. The lowest BCUT2D eigenvalue weighted by molar-refractivity contribution is -0.115. The molecule has 6 nitrogen and oxygen atoms in total. The zero-order chi connectivity index (χ0) is 17.8. The van der Waals surface area contributed by atoms with Crippen molar-refractivity contribution < 1.29 is 14.3 Å². The highest BCUT2D eigenvalue weighted by molar-refractivity contribution is 9.10. The summed E-state index contributed by atoms with van der Waals surface area (Å²) in [5, 5.41) is 13.7. The summed E-state index contributed by atoms with van der Waals surface area (Å²) >= 11 is 3.38. The number of hydrogen-bond acceptors (Lipinski definition) is 4. The van der Waals surface area contributed by atoms with E-state index < -0.39 is 11.9 Å².